The number of fused-ring (bicyclic) bond motifs is 1. The Hall–Kier alpha value is -1.47. The molecule has 1 aromatic carbocycles. The normalized spacial score (nSPS) is 12.1. The molecule has 0 saturated heterocycles. The van der Waals surface area contributed by atoms with Gasteiger partial charge in [-0.15, -0.1) is 0 Å². The maximum atomic E-state index is 10.6. The van der Waals surface area contributed by atoms with Gasteiger partial charge < -0.3 is 0 Å². The van der Waals surface area contributed by atoms with Gasteiger partial charge in [0.2, 0.25) is 0 Å². The molecule has 0 atom stereocenters. The van der Waals surface area contributed by atoms with Gasteiger partial charge in [-0.25, -0.2) is 0 Å². The monoisotopic (exact) mass is 213 g/mol. The molecule has 0 unspecified atom stereocenters. The fourth-order valence-corrected chi connectivity index (χ4v) is 1.79. The average Bonchev–Trinajstić information content (AvgIpc) is 2.47. The molecule has 0 saturated carbocycles. The van der Waals surface area contributed by atoms with E-state index in [1.807, 2.05) is 0 Å². The Morgan fingerprint density at radius 3 is 2.71 bits per heavy atom. The molecule has 1 heterocycles. The third-order valence-corrected chi connectivity index (χ3v) is 2.43. The van der Waals surface area contributed by atoms with Gasteiger partial charge in [0.05, 0.1) is 0 Å². The number of hydrogen-bond acceptors (Lipinski definition) is 4. The maximum Gasteiger partial charge on any atom is 0.269 e. The van der Waals surface area contributed by atoms with Crippen LogP contribution in [-0.2, 0) is 15.9 Å². The molecule has 6 nitrogen and oxygen atoms in total. The van der Waals surface area contributed by atoms with Crippen molar-refractivity contribution in [3.63, 3.8) is 0 Å². The molecule has 0 aliphatic heterocycles. The zero-order valence-electron chi connectivity index (χ0n) is 7.01. The highest BCUT2D eigenvalue weighted by molar-refractivity contribution is 7.85. The number of H-pyrrole nitrogens is 1. The van der Waals surface area contributed by atoms with E-state index in [0.29, 0.717) is 16.6 Å². The van der Waals surface area contributed by atoms with Gasteiger partial charge in [-0.3, -0.25) is 4.55 Å². The Morgan fingerprint density at radius 2 is 2.00 bits per heavy atom. The van der Waals surface area contributed by atoms with Gasteiger partial charge in [-0.2, -0.15) is 23.8 Å². The number of aromatic amines is 1. The number of benzene rings is 1. The molecule has 0 spiro atoms. The van der Waals surface area contributed by atoms with Gasteiger partial charge in [0.25, 0.3) is 10.1 Å². The lowest BCUT2D eigenvalue weighted by atomic mass is 10.2. The number of nitrogens with zero attached hydrogens (tertiary/aromatic N) is 2. The highest BCUT2D eigenvalue weighted by Crippen LogP contribution is 2.12. The van der Waals surface area contributed by atoms with Crippen molar-refractivity contribution in [2.24, 2.45) is 0 Å². The number of hydrogen-bond donors (Lipinski definition) is 2. The molecular weight excluding hydrogens is 206 g/mol. The first-order valence-corrected chi connectivity index (χ1v) is 5.40. The summed E-state index contributed by atoms with van der Waals surface area (Å²) in [7, 11) is -3.99. The maximum absolute atomic E-state index is 10.6. The van der Waals surface area contributed by atoms with Gasteiger partial charge >= 0.3 is 0 Å². The lowest BCUT2D eigenvalue weighted by Gasteiger charge is -1.96. The number of aromatic nitrogens is 3. The first-order chi connectivity index (χ1) is 6.54. The van der Waals surface area contributed by atoms with Gasteiger partial charge in [0.15, 0.2) is 0 Å². The average molecular weight is 213 g/mol. The molecule has 2 aromatic rings. The smallest absolute Gasteiger partial charge is 0.269 e. The van der Waals surface area contributed by atoms with E-state index in [1.165, 1.54) is 0 Å². The summed E-state index contributed by atoms with van der Waals surface area (Å²) in [5.74, 6) is -0.407. The Kier molecular flexibility index (Phi) is 1.97. The quantitative estimate of drug-likeness (QED) is 0.701. The Bertz CT molecular complexity index is 560. The van der Waals surface area contributed by atoms with Crippen LogP contribution in [0.4, 0.5) is 0 Å². The van der Waals surface area contributed by atoms with Crippen LogP contribution in [0.15, 0.2) is 18.2 Å². The summed E-state index contributed by atoms with van der Waals surface area (Å²) >= 11 is 0. The Morgan fingerprint density at radius 1 is 1.29 bits per heavy atom. The first-order valence-electron chi connectivity index (χ1n) is 3.79. The SMILES string of the molecule is O=S(=O)(O)Cc1ccc2n[nH]nc2c1. The lowest BCUT2D eigenvalue weighted by molar-refractivity contribution is 0.482. The van der Waals surface area contributed by atoms with Crippen LogP contribution in [0.3, 0.4) is 0 Å². The minimum atomic E-state index is -3.99. The van der Waals surface area contributed by atoms with Crippen molar-refractivity contribution in [3.05, 3.63) is 23.8 Å². The van der Waals surface area contributed by atoms with E-state index in [-0.39, 0.29) is 0 Å². The fourth-order valence-electron chi connectivity index (χ4n) is 1.19. The molecule has 74 valence electrons. The van der Waals surface area contributed by atoms with Gasteiger partial charge in [0.1, 0.15) is 16.8 Å². The van der Waals surface area contributed by atoms with Crippen molar-refractivity contribution < 1.29 is 13.0 Å². The lowest BCUT2D eigenvalue weighted by Crippen LogP contribution is -2.01. The summed E-state index contributed by atoms with van der Waals surface area (Å²) in [6.45, 7) is 0. The van der Waals surface area contributed by atoms with Crippen LogP contribution in [0.25, 0.3) is 11.0 Å². The molecule has 0 radical (unpaired) electrons. The largest absolute Gasteiger partial charge is 0.285 e. The summed E-state index contributed by atoms with van der Waals surface area (Å²) < 4.78 is 29.8. The van der Waals surface area contributed by atoms with Crippen molar-refractivity contribution >= 4 is 21.2 Å². The summed E-state index contributed by atoms with van der Waals surface area (Å²) in [6, 6.07) is 4.78. The van der Waals surface area contributed by atoms with Gasteiger partial charge in [-0.05, 0) is 17.7 Å². The van der Waals surface area contributed by atoms with Crippen LogP contribution in [0.2, 0.25) is 0 Å². The van der Waals surface area contributed by atoms with Crippen molar-refractivity contribution in [2.45, 2.75) is 5.75 Å². The topological polar surface area (TPSA) is 95.9 Å². The van der Waals surface area contributed by atoms with Crippen LogP contribution in [-0.4, -0.2) is 28.4 Å². The van der Waals surface area contributed by atoms with Crippen LogP contribution in [0.1, 0.15) is 5.56 Å². The minimum absolute atomic E-state index is 0.407. The standard InChI is InChI=1S/C7H7N3O3S/c11-14(12,13)4-5-1-2-6-7(3-5)9-10-8-6/h1-3H,4H2,(H,8,9,10)(H,11,12,13). The molecule has 2 rings (SSSR count). The van der Waals surface area contributed by atoms with E-state index < -0.39 is 15.9 Å². The molecule has 7 heteroatoms. The van der Waals surface area contributed by atoms with Crippen molar-refractivity contribution in [1.82, 2.24) is 15.4 Å². The van der Waals surface area contributed by atoms with Crippen LogP contribution >= 0.6 is 0 Å². The van der Waals surface area contributed by atoms with Gasteiger partial charge in [0, 0.05) is 0 Å². The third kappa shape index (κ3) is 1.88. The molecule has 0 amide bonds. The molecule has 0 aliphatic rings. The van der Waals surface area contributed by atoms with E-state index in [1.54, 1.807) is 18.2 Å². The summed E-state index contributed by atoms with van der Waals surface area (Å²) in [5, 5.41) is 10.0. The molecule has 0 aliphatic carbocycles. The zero-order valence-corrected chi connectivity index (χ0v) is 7.82. The predicted octanol–water partition coefficient (Wildman–Crippen LogP) is 0.346. The van der Waals surface area contributed by atoms with Crippen molar-refractivity contribution in [3.8, 4) is 0 Å². The Labute approximate surface area is 79.7 Å². The second kappa shape index (κ2) is 3.03. The summed E-state index contributed by atoms with van der Waals surface area (Å²) in [4.78, 5) is 0. The first kappa shape index (κ1) is 9.10. The highest BCUT2D eigenvalue weighted by atomic mass is 32.2. The predicted molar refractivity (Wildman–Crippen MR) is 49.1 cm³/mol. The van der Waals surface area contributed by atoms with E-state index in [2.05, 4.69) is 15.4 Å². The molecule has 0 fully saturated rings. The zero-order chi connectivity index (χ0) is 10.2. The van der Waals surface area contributed by atoms with E-state index in [9.17, 15) is 8.42 Å². The highest BCUT2D eigenvalue weighted by Gasteiger charge is 2.07. The summed E-state index contributed by atoms with van der Waals surface area (Å²) in [6.07, 6.45) is 0. The number of rotatable bonds is 2. The van der Waals surface area contributed by atoms with Gasteiger partial charge in [-0.1, -0.05) is 6.07 Å². The third-order valence-electron chi connectivity index (χ3n) is 1.73. The van der Waals surface area contributed by atoms with E-state index >= 15 is 0 Å². The molecule has 0 bridgehead atoms. The molecule has 1 aromatic heterocycles. The van der Waals surface area contributed by atoms with Crippen LogP contribution < -0.4 is 0 Å². The Balaban J connectivity index is 2.44. The number of nitrogens with one attached hydrogen (secondary N) is 1. The second-order valence-corrected chi connectivity index (χ2v) is 4.33. The summed E-state index contributed by atoms with van der Waals surface area (Å²) in [5.41, 5.74) is 1.71. The van der Waals surface area contributed by atoms with Crippen molar-refractivity contribution in [2.75, 3.05) is 0 Å². The van der Waals surface area contributed by atoms with E-state index in [0.717, 1.165) is 0 Å². The van der Waals surface area contributed by atoms with Crippen LogP contribution in [0.5, 0.6) is 0 Å². The second-order valence-electron chi connectivity index (χ2n) is 2.87. The molecule has 2 N–H and O–H groups in total. The fraction of sp³-hybridized carbons (Fsp3) is 0.143. The van der Waals surface area contributed by atoms with Crippen molar-refractivity contribution in [1.29, 1.82) is 0 Å². The van der Waals surface area contributed by atoms with Crippen LogP contribution in [0, 0.1) is 0 Å². The van der Waals surface area contributed by atoms with E-state index in [4.69, 9.17) is 4.55 Å². The molecular formula is C7H7N3O3S. The molecule has 14 heavy (non-hydrogen) atoms. The minimum Gasteiger partial charge on any atom is -0.285 e.